The van der Waals surface area contributed by atoms with E-state index in [0.717, 1.165) is 10.9 Å². The zero-order valence-corrected chi connectivity index (χ0v) is 9.79. The molecule has 0 radical (unpaired) electrons. The smallest absolute Gasteiger partial charge is 0.272 e. The van der Waals surface area contributed by atoms with Gasteiger partial charge in [-0.15, -0.1) is 0 Å². The predicted octanol–water partition coefficient (Wildman–Crippen LogP) is 0.0495. The molecule has 0 fully saturated rings. The SMILES string of the molecule is Cn1nc(C(=O)NC/C(N)=N/O)c2ccccc21. The first-order valence-corrected chi connectivity index (χ1v) is 5.30. The zero-order valence-electron chi connectivity index (χ0n) is 9.79. The maximum absolute atomic E-state index is 11.9. The third-order valence-electron chi connectivity index (χ3n) is 2.53. The number of nitrogens with two attached hydrogens (primary N) is 1. The Bertz CT molecular complexity index is 617. The summed E-state index contributed by atoms with van der Waals surface area (Å²) in [7, 11) is 1.77. The van der Waals surface area contributed by atoms with Crippen molar-refractivity contribution in [3.63, 3.8) is 0 Å². The van der Waals surface area contributed by atoms with Crippen LogP contribution in [0.15, 0.2) is 29.4 Å². The summed E-state index contributed by atoms with van der Waals surface area (Å²) in [4.78, 5) is 11.9. The van der Waals surface area contributed by atoms with Gasteiger partial charge in [0, 0.05) is 12.4 Å². The van der Waals surface area contributed by atoms with Gasteiger partial charge in [0.1, 0.15) is 0 Å². The maximum atomic E-state index is 11.9. The number of amides is 1. The van der Waals surface area contributed by atoms with E-state index in [2.05, 4.69) is 15.6 Å². The summed E-state index contributed by atoms with van der Waals surface area (Å²) >= 11 is 0. The fraction of sp³-hybridized carbons (Fsp3) is 0.182. The normalized spacial score (nSPS) is 11.7. The quantitative estimate of drug-likeness (QED) is 0.308. The molecule has 0 atom stereocenters. The van der Waals surface area contributed by atoms with Crippen LogP contribution in [0.4, 0.5) is 0 Å². The molecule has 94 valence electrons. The van der Waals surface area contributed by atoms with E-state index in [0.29, 0.717) is 5.69 Å². The second kappa shape index (κ2) is 4.74. The Morgan fingerprint density at radius 3 is 3.00 bits per heavy atom. The largest absolute Gasteiger partial charge is 0.409 e. The van der Waals surface area contributed by atoms with Crippen molar-refractivity contribution in [3.05, 3.63) is 30.0 Å². The predicted molar refractivity (Wildman–Crippen MR) is 66.5 cm³/mol. The molecule has 0 bridgehead atoms. The number of carbonyl (C=O) groups is 1. The maximum Gasteiger partial charge on any atom is 0.272 e. The standard InChI is InChI=1S/C11H13N5O2/c1-16-8-5-3-2-4-7(8)10(14-16)11(17)13-6-9(12)15-18/h2-5,18H,6H2,1H3,(H2,12,15)(H,13,17). The van der Waals surface area contributed by atoms with Crippen molar-refractivity contribution in [2.24, 2.45) is 17.9 Å². The Morgan fingerprint density at radius 1 is 1.56 bits per heavy atom. The first-order chi connectivity index (χ1) is 8.63. The fourth-order valence-corrected chi connectivity index (χ4v) is 1.67. The van der Waals surface area contributed by atoms with Gasteiger partial charge in [0.15, 0.2) is 11.5 Å². The highest BCUT2D eigenvalue weighted by molar-refractivity contribution is 6.05. The van der Waals surface area contributed by atoms with Gasteiger partial charge >= 0.3 is 0 Å². The first-order valence-electron chi connectivity index (χ1n) is 5.30. The number of hydrogen-bond donors (Lipinski definition) is 3. The lowest BCUT2D eigenvalue weighted by Crippen LogP contribution is -2.33. The minimum atomic E-state index is -0.363. The Labute approximate surface area is 103 Å². The van der Waals surface area contributed by atoms with E-state index in [-0.39, 0.29) is 18.3 Å². The number of para-hydroxylation sites is 1. The molecular formula is C11H13N5O2. The molecule has 18 heavy (non-hydrogen) atoms. The molecule has 0 aliphatic rings. The lowest BCUT2D eigenvalue weighted by atomic mass is 10.2. The molecule has 0 spiro atoms. The van der Waals surface area contributed by atoms with Crippen molar-refractivity contribution in [1.82, 2.24) is 15.1 Å². The number of rotatable bonds is 3. The third kappa shape index (κ3) is 2.10. The molecule has 7 heteroatoms. The molecule has 7 nitrogen and oxygen atoms in total. The topological polar surface area (TPSA) is 106 Å². The van der Waals surface area contributed by atoms with Crippen molar-refractivity contribution >= 4 is 22.6 Å². The monoisotopic (exact) mass is 247 g/mol. The summed E-state index contributed by atoms with van der Waals surface area (Å²) in [5.41, 5.74) is 6.46. The third-order valence-corrected chi connectivity index (χ3v) is 2.53. The lowest BCUT2D eigenvalue weighted by Gasteiger charge is -2.01. The van der Waals surface area contributed by atoms with Crippen LogP contribution in [0.2, 0.25) is 0 Å². The van der Waals surface area contributed by atoms with Crippen LogP contribution in [0, 0.1) is 0 Å². The molecule has 4 N–H and O–H groups in total. The van der Waals surface area contributed by atoms with Crippen molar-refractivity contribution in [2.45, 2.75) is 0 Å². The number of benzene rings is 1. The number of carbonyl (C=O) groups excluding carboxylic acids is 1. The number of oxime groups is 1. The molecule has 0 unspecified atom stereocenters. The number of fused-ring (bicyclic) bond motifs is 1. The summed E-state index contributed by atoms with van der Waals surface area (Å²) in [6, 6.07) is 7.41. The molecule has 1 amide bonds. The highest BCUT2D eigenvalue weighted by atomic mass is 16.4. The minimum Gasteiger partial charge on any atom is -0.409 e. The summed E-state index contributed by atoms with van der Waals surface area (Å²) in [5, 5.41) is 18.6. The van der Waals surface area contributed by atoms with Gasteiger partial charge < -0.3 is 16.3 Å². The van der Waals surface area contributed by atoms with Gasteiger partial charge in [0.25, 0.3) is 5.91 Å². The summed E-state index contributed by atoms with van der Waals surface area (Å²) in [5.74, 6) is -0.429. The van der Waals surface area contributed by atoms with Crippen LogP contribution in [0.25, 0.3) is 10.9 Å². The Morgan fingerprint density at radius 2 is 2.28 bits per heavy atom. The van der Waals surface area contributed by atoms with E-state index in [9.17, 15) is 4.79 Å². The summed E-state index contributed by atoms with van der Waals surface area (Å²) in [6.07, 6.45) is 0. The van der Waals surface area contributed by atoms with Crippen LogP contribution in [0.1, 0.15) is 10.5 Å². The Kier molecular flexibility index (Phi) is 3.13. The first kappa shape index (κ1) is 11.9. The van der Waals surface area contributed by atoms with Gasteiger partial charge in [-0.25, -0.2) is 0 Å². The average molecular weight is 247 g/mol. The number of nitrogens with zero attached hydrogens (tertiary/aromatic N) is 3. The van der Waals surface area contributed by atoms with Crippen molar-refractivity contribution < 1.29 is 10.0 Å². The van der Waals surface area contributed by atoms with E-state index in [1.54, 1.807) is 11.7 Å². The molecule has 0 saturated carbocycles. The van der Waals surface area contributed by atoms with Crippen LogP contribution in [-0.4, -0.2) is 33.3 Å². The lowest BCUT2D eigenvalue weighted by molar-refractivity contribution is 0.0955. The molecule has 0 aliphatic carbocycles. The second-order valence-corrected chi connectivity index (χ2v) is 3.76. The summed E-state index contributed by atoms with van der Waals surface area (Å²) < 4.78 is 1.63. The minimum absolute atomic E-state index is 0.0275. The van der Waals surface area contributed by atoms with Gasteiger partial charge in [-0.2, -0.15) is 5.10 Å². The van der Waals surface area contributed by atoms with Crippen LogP contribution >= 0.6 is 0 Å². The van der Waals surface area contributed by atoms with Crippen molar-refractivity contribution in [3.8, 4) is 0 Å². The van der Waals surface area contributed by atoms with E-state index in [4.69, 9.17) is 10.9 Å². The molecule has 0 saturated heterocycles. The number of hydrogen-bond acceptors (Lipinski definition) is 4. The zero-order chi connectivity index (χ0) is 13.1. The van der Waals surface area contributed by atoms with E-state index in [1.165, 1.54) is 0 Å². The van der Waals surface area contributed by atoms with Crippen LogP contribution in [0.5, 0.6) is 0 Å². The number of aromatic nitrogens is 2. The molecule has 2 rings (SSSR count). The number of amidine groups is 1. The Balaban J connectivity index is 2.28. The molecule has 1 heterocycles. The van der Waals surface area contributed by atoms with Gasteiger partial charge in [0.05, 0.1) is 12.1 Å². The summed E-state index contributed by atoms with van der Waals surface area (Å²) in [6.45, 7) is -0.0275. The van der Waals surface area contributed by atoms with Crippen LogP contribution in [-0.2, 0) is 7.05 Å². The van der Waals surface area contributed by atoms with Crippen LogP contribution < -0.4 is 11.1 Å². The van der Waals surface area contributed by atoms with Gasteiger partial charge in [-0.1, -0.05) is 23.4 Å². The van der Waals surface area contributed by atoms with Gasteiger partial charge in [0.2, 0.25) is 0 Å². The number of nitrogens with one attached hydrogen (secondary N) is 1. The highest BCUT2D eigenvalue weighted by Crippen LogP contribution is 2.16. The molecule has 1 aromatic heterocycles. The molecule has 2 aromatic rings. The van der Waals surface area contributed by atoms with E-state index < -0.39 is 0 Å². The second-order valence-electron chi connectivity index (χ2n) is 3.76. The molecular weight excluding hydrogens is 234 g/mol. The van der Waals surface area contributed by atoms with Crippen molar-refractivity contribution in [1.29, 1.82) is 0 Å². The molecule has 0 aliphatic heterocycles. The van der Waals surface area contributed by atoms with Crippen LogP contribution in [0.3, 0.4) is 0 Å². The Hall–Kier alpha value is -2.57. The van der Waals surface area contributed by atoms with Gasteiger partial charge in [-0.05, 0) is 6.07 Å². The van der Waals surface area contributed by atoms with E-state index >= 15 is 0 Å². The van der Waals surface area contributed by atoms with Crippen molar-refractivity contribution in [2.75, 3.05) is 6.54 Å². The van der Waals surface area contributed by atoms with E-state index in [1.807, 2.05) is 24.3 Å². The fourth-order valence-electron chi connectivity index (χ4n) is 1.67. The number of aryl methyl sites for hydroxylation is 1. The average Bonchev–Trinajstić information content (AvgIpc) is 2.74. The highest BCUT2D eigenvalue weighted by Gasteiger charge is 2.15. The molecule has 1 aromatic carbocycles. The van der Waals surface area contributed by atoms with Gasteiger partial charge in [-0.3, -0.25) is 9.48 Å².